The van der Waals surface area contributed by atoms with E-state index in [1.54, 1.807) is 0 Å². The number of carbonyl (C=O) groups is 1. The van der Waals surface area contributed by atoms with Gasteiger partial charge >= 0.3 is 0 Å². The normalized spacial score (nSPS) is 32.7. The summed E-state index contributed by atoms with van der Waals surface area (Å²) in [5.74, 6) is 0.372. The van der Waals surface area contributed by atoms with Gasteiger partial charge in [0.15, 0.2) is 0 Å². The predicted octanol–water partition coefficient (Wildman–Crippen LogP) is 0.314. The van der Waals surface area contributed by atoms with Crippen LogP contribution in [-0.4, -0.2) is 36.3 Å². The minimum atomic E-state index is -0.933. The number of rotatable bonds is 2. The monoisotopic (exact) mass is 214 g/mol. The van der Waals surface area contributed by atoms with Crippen molar-refractivity contribution in [3.8, 4) is 0 Å². The average Bonchev–Trinajstić information content (AvgIpc) is 2.28. The van der Waals surface area contributed by atoms with Crippen molar-refractivity contribution in [2.75, 3.05) is 19.6 Å². The predicted molar refractivity (Wildman–Crippen MR) is 56.9 cm³/mol. The molecule has 1 saturated heterocycles. The third-order valence-corrected chi connectivity index (χ3v) is 3.19. The summed E-state index contributed by atoms with van der Waals surface area (Å²) in [6.45, 7) is 6.06. The molecular weight excluding hydrogens is 192 g/mol. The third-order valence-electron chi connectivity index (χ3n) is 3.19. The number of nitrogens with two attached hydrogens (primary N) is 1. The van der Waals surface area contributed by atoms with Crippen LogP contribution in [0.5, 0.6) is 0 Å². The Kier molecular flexibility index (Phi) is 4.11. The molecule has 0 aromatic carbocycles. The summed E-state index contributed by atoms with van der Waals surface area (Å²) in [4.78, 5) is 11.3. The standard InChI is InChI=1S/C11H22N2O2/c1-9(2)8-13(11(14)15)6-3-4-10(12)5-7-13/h9-10H,3-8,12H2,1-2H3/t10-,13?/m0/s1. The number of hydrogen-bond donors (Lipinski definition) is 1. The van der Waals surface area contributed by atoms with Crippen molar-refractivity contribution in [1.82, 2.24) is 0 Å². The molecule has 4 nitrogen and oxygen atoms in total. The minimum absolute atomic E-state index is 0.103. The molecule has 0 aromatic heterocycles. The van der Waals surface area contributed by atoms with Crippen LogP contribution >= 0.6 is 0 Å². The molecule has 0 aliphatic carbocycles. The van der Waals surface area contributed by atoms with E-state index in [9.17, 15) is 9.90 Å². The number of hydrogen-bond acceptors (Lipinski definition) is 3. The molecule has 1 rings (SSSR count). The molecule has 0 spiro atoms. The van der Waals surface area contributed by atoms with E-state index in [-0.39, 0.29) is 10.5 Å². The smallest absolute Gasteiger partial charge is 0.257 e. The Balaban J connectivity index is 2.75. The molecule has 1 aliphatic rings. The van der Waals surface area contributed by atoms with Crippen LogP contribution in [0, 0.1) is 5.92 Å². The van der Waals surface area contributed by atoms with Gasteiger partial charge in [0.1, 0.15) is 0 Å². The van der Waals surface area contributed by atoms with Crippen LogP contribution in [0.15, 0.2) is 0 Å². The van der Waals surface area contributed by atoms with E-state index >= 15 is 0 Å². The SMILES string of the molecule is CC(C)C[N+]1(C(=O)[O-])CCC[C@H](N)CC1. The Bertz CT molecular complexity index is 231. The van der Waals surface area contributed by atoms with Gasteiger partial charge in [-0.25, -0.2) is 0 Å². The van der Waals surface area contributed by atoms with E-state index in [4.69, 9.17) is 5.73 Å². The molecule has 1 heterocycles. The zero-order valence-corrected chi connectivity index (χ0v) is 9.74. The molecule has 15 heavy (non-hydrogen) atoms. The maximum atomic E-state index is 11.3. The lowest BCUT2D eigenvalue weighted by Crippen LogP contribution is -2.60. The van der Waals surface area contributed by atoms with Crippen LogP contribution < -0.4 is 10.8 Å². The van der Waals surface area contributed by atoms with Gasteiger partial charge in [0.2, 0.25) is 0 Å². The van der Waals surface area contributed by atoms with E-state index in [1.165, 1.54) is 0 Å². The number of carboxylic acid groups (broad SMARTS) is 1. The van der Waals surface area contributed by atoms with Crippen LogP contribution in [0.2, 0.25) is 0 Å². The van der Waals surface area contributed by atoms with Crippen molar-refractivity contribution in [1.29, 1.82) is 0 Å². The van der Waals surface area contributed by atoms with Crippen LogP contribution in [0.1, 0.15) is 33.1 Å². The molecule has 0 bridgehead atoms. The second-order valence-corrected chi connectivity index (χ2v) is 5.13. The van der Waals surface area contributed by atoms with Crippen molar-refractivity contribution in [2.45, 2.75) is 39.2 Å². The zero-order valence-electron chi connectivity index (χ0n) is 9.74. The summed E-state index contributed by atoms with van der Waals surface area (Å²) in [6.07, 6.45) is 1.69. The lowest BCUT2D eigenvalue weighted by molar-refractivity contribution is -0.878. The van der Waals surface area contributed by atoms with Gasteiger partial charge in [0.25, 0.3) is 6.09 Å². The highest BCUT2D eigenvalue weighted by molar-refractivity contribution is 5.54. The van der Waals surface area contributed by atoms with Gasteiger partial charge in [-0.05, 0) is 12.8 Å². The highest BCUT2D eigenvalue weighted by Gasteiger charge is 2.33. The van der Waals surface area contributed by atoms with Gasteiger partial charge in [-0.1, -0.05) is 13.8 Å². The molecule has 2 atom stereocenters. The summed E-state index contributed by atoms with van der Waals surface area (Å²) in [5.41, 5.74) is 5.86. The molecule has 2 N–H and O–H groups in total. The molecule has 0 saturated carbocycles. The van der Waals surface area contributed by atoms with Crippen molar-refractivity contribution >= 4 is 6.09 Å². The van der Waals surface area contributed by atoms with Gasteiger partial charge in [-0.15, -0.1) is 0 Å². The molecule has 1 fully saturated rings. The molecule has 1 aliphatic heterocycles. The lowest BCUT2D eigenvalue weighted by Gasteiger charge is -2.38. The molecule has 4 heteroatoms. The maximum Gasteiger partial charge on any atom is 0.257 e. The quantitative estimate of drug-likeness (QED) is 0.673. The van der Waals surface area contributed by atoms with Gasteiger partial charge in [0, 0.05) is 18.4 Å². The van der Waals surface area contributed by atoms with Crippen molar-refractivity contribution < 1.29 is 14.4 Å². The maximum absolute atomic E-state index is 11.3. The molecule has 0 aromatic rings. The van der Waals surface area contributed by atoms with E-state index < -0.39 is 6.09 Å². The summed E-state index contributed by atoms with van der Waals surface area (Å²) >= 11 is 0. The first-order valence-electron chi connectivity index (χ1n) is 5.79. The lowest BCUT2D eigenvalue weighted by atomic mass is 10.1. The molecule has 1 amide bonds. The highest BCUT2D eigenvalue weighted by Crippen LogP contribution is 2.19. The Hall–Kier alpha value is -0.610. The van der Waals surface area contributed by atoms with Gasteiger partial charge in [-0.3, -0.25) is 4.48 Å². The summed E-state index contributed by atoms with van der Waals surface area (Å²) in [7, 11) is 0. The number of amides is 1. The fraction of sp³-hybridized carbons (Fsp3) is 0.909. The summed E-state index contributed by atoms with van der Waals surface area (Å²) in [6, 6.07) is 0.163. The van der Waals surface area contributed by atoms with Crippen LogP contribution in [0.3, 0.4) is 0 Å². The molecule has 0 radical (unpaired) electrons. The topological polar surface area (TPSA) is 66.1 Å². The van der Waals surface area contributed by atoms with Gasteiger partial charge in [-0.2, -0.15) is 0 Å². The van der Waals surface area contributed by atoms with Gasteiger partial charge < -0.3 is 15.6 Å². The number of likely N-dealkylation sites (tertiary alicyclic amines) is 1. The molecule has 1 unspecified atom stereocenters. The summed E-state index contributed by atoms with van der Waals surface area (Å²) in [5, 5.41) is 11.3. The molecule has 88 valence electrons. The Morgan fingerprint density at radius 1 is 1.47 bits per heavy atom. The molecular formula is C11H22N2O2. The zero-order chi connectivity index (χ0) is 11.5. The minimum Gasteiger partial charge on any atom is -0.498 e. The van der Waals surface area contributed by atoms with Crippen LogP contribution in [-0.2, 0) is 0 Å². The third kappa shape index (κ3) is 3.18. The average molecular weight is 214 g/mol. The van der Waals surface area contributed by atoms with E-state index in [2.05, 4.69) is 0 Å². The first kappa shape index (κ1) is 12.5. The van der Waals surface area contributed by atoms with E-state index in [0.717, 1.165) is 19.3 Å². The van der Waals surface area contributed by atoms with E-state index in [0.29, 0.717) is 25.6 Å². The Morgan fingerprint density at radius 3 is 2.67 bits per heavy atom. The number of carbonyl (C=O) groups excluding carboxylic acids is 1. The fourth-order valence-corrected chi connectivity index (χ4v) is 2.46. The van der Waals surface area contributed by atoms with Crippen molar-refractivity contribution in [2.24, 2.45) is 11.7 Å². The second kappa shape index (κ2) is 4.94. The van der Waals surface area contributed by atoms with Crippen molar-refractivity contribution in [3.05, 3.63) is 0 Å². The first-order chi connectivity index (χ1) is 6.96. The van der Waals surface area contributed by atoms with E-state index in [1.807, 2.05) is 13.8 Å². The Morgan fingerprint density at radius 2 is 2.13 bits per heavy atom. The second-order valence-electron chi connectivity index (χ2n) is 5.13. The largest absolute Gasteiger partial charge is 0.498 e. The highest BCUT2D eigenvalue weighted by atomic mass is 16.4. The van der Waals surface area contributed by atoms with Crippen LogP contribution in [0.4, 0.5) is 4.79 Å². The summed E-state index contributed by atoms with van der Waals surface area (Å²) < 4.78 is 0.103. The first-order valence-corrected chi connectivity index (χ1v) is 5.79. The Labute approximate surface area is 91.6 Å². The van der Waals surface area contributed by atoms with Crippen molar-refractivity contribution in [3.63, 3.8) is 0 Å². The number of quaternary nitrogens is 1. The van der Waals surface area contributed by atoms with Gasteiger partial charge in [0.05, 0.1) is 19.6 Å². The number of nitrogens with zero attached hydrogens (tertiary/aromatic N) is 1. The van der Waals surface area contributed by atoms with Crippen LogP contribution in [0.25, 0.3) is 0 Å². The fourth-order valence-electron chi connectivity index (χ4n) is 2.46.